The number of amides is 2. The van der Waals surface area contributed by atoms with Crippen LogP contribution in [0.1, 0.15) is 152 Å². The molecule has 294 valence electrons. The van der Waals surface area contributed by atoms with Gasteiger partial charge in [0.15, 0.2) is 12.1 Å². The third-order valence-electron chi connectivity index (χ3n) is 16.4. The lowest BCUT2D eigenvalue weighted by Crippen LogP contribution is -2.67. The van der Waals surface area contributed by atoms with Crippen LogP contribution in [-0.2, 0) is 14.3 Å². The SMILES string of the molecule is CC(C)C1=C2C3CCC4[C@@]5(C)CC[C@H](OC(O)CC(C)(C)C(=O)O)C(C)(C)C5CC[C@@]4(C)[C@]3(C)CCC2(NC(=O)NC2CCC(F)(F)CC2)CC1=O. The number of aliphatic hydroxyl groups excluding tert-OH is 1. The molecular formula is C42H66F2N2O6. The summed E-state index contributed by atoms with van der Waals surface area (Å²) in [5, 5.41) is 26.9. The summed E-state index contributed by atoms with van der Waals surface area (Å²) in [6.45, 7) is 19.4. The van der Waals surface area contributed by atoms with Gasteiger partial charge in [0.25, 0.3) is 0 Å². The van der Waals surface area contributed by atoms with E-state index in [9.17, 15) is 33.4 Å². The largest absolute Gasteiger partial charge is 0.481 e. The van der Waals surface area contributed by atoms with Crippen LogP contribution >= 0.6 is 0 Å². The molecule has 6 aliphatic rings. The van der Waals surface area contributed by atoms with Crippen molar-refractivity contribution in [2.75, 3.05) is 0 Å². The number of halogens is 2. The van der Waals surface area contributed by atoms with E-state index in [1.54, 1.807) is 13.8 Å². The molecule has 0 radical (unpaired) electrons. The Balaban J connectivity index is 1.25. The first kappa shape index (κ1) is 39.6. The first-order chi connectivity index (χ1) is 23.9. The van der Waals surface area contributed by atoms with E-state index >= 15 is 0 Å². The van der Waals surface area contributed by atoms with Gasteiger partial charge >= 0.3 is 12.0 Å². The predicted octanol–water partition coefficient (Wildman–Crippen LogP) is 8.80. The second kappa shape index (κ2) is 13.0. The van der Waals surface area contributed by atoms with Crippen LogP contribution in [0.2, 0.25) is 0 Å². The summed E-state index contributed by atoms with van der Waals surface area (Å²) in [7, 11) is 0. The minimum atomic E-state index is -2.67. The average Bonchev–Trinajstić information content (AvgIpc) is 3.31. The van der Waals surface area contributed by atoms with Crippen LogP contribution in [0.3, 0.4) is 0 Å². The monoisotopic (exact) mass is 732 g/mol. The van der Waals surface area contributed by atoms with Gasteiger partial charge < -0.3 is 25.6 Å². The molecule has 0 aromatic rings. The van der Waals surface area contributed by atoms with Gasteiger partial charge in [0.05, 0.1) is 17.1 Å². The topological polar surface area (TPSA) is 125 Å². The van der Waals surface area contributed by atoms with Gasteiger partial charge in [-0.1, -0.05) is 48.5 Å². The molecule has 0 spiro atoms. The molecule has 0 bridgehead atoms. The molecule has 10 heteroatoms. The maximum atomic E-state index is 13.9. The Hall–Kier alpha value is -2.07. The van der Waals surface area contributed by atoms with E-state index < -0.39 is 29.1 Å². The molecule has 5 fully saturated rings. The van der Waals surface area contributed by atoms with Gasteiger partial charge in [-0.05, 0) is 135 Å². The number of urea groups is 1. The van der Waals surface area contributed by atoms with Crippen molar-refractivity contribution in [1.29, 1.82) is 0 Å². The van der Waals surface area contributed by atoms with E-state index in [2.05, 4.69) is 59.1 Å². The van der Waals surface area contributed by atoms with Gasteiger partial charge in [-0.25, -0.2) is 13.6 Å². The Labute approximate surface area is 310 Å². The lowest BCUT2D eigenvalue weighted by molar-refractivity contribution is -0.257. The van der Waals surface area contributed by atoms with E-state index in [-0.39, 0.29) is 96.0 Å². The van der Waals surface area contributed by atoms with Crippen LogP contribution in [0.5, 0.6) is 0 Å². The van der Waals surface area contributed by atoms with Crippen molar-refractivity contribution in [3.8, 4) is 0 Å². The van der Waals surface area contributed by atoms with E-state index in [1.165, 1.54) is 0 Å². The number of carboxylic acids is 1. The zero-order valence-corrected chi connectivity index (χ0v) is 33.2. The number of ether oxygens (including phenoxy) is 1. The summed E-state index contributed by atoms with van der Waals surface area (Å²) in [4.78, 5) is 39.3. The number of fused-ring (bicyclic) bond motifs is 7. The molecule has 0 saturated heterocycles. The fourth-order valence-electron chi connectivity index (χ4n) is 13.4. The lowest BCUT2D eigenvalue weighted by Gasteiger charge is -2.72. The van der Waals surface area contributed by atoms with Gasteiger partial charge in [-0.2, -0.15) is 0 Å². The first-order valence-electron chi connectivity index (χ1n) is 20.2. The zero-order chi connectivity index (χ0) is 38.4. The molecule has 9 atom stereocenters. The van der Waals surface area contributed by atoms with E-state index in [4.69, 9.17) is 4.74 Å². The maximum absolute atomic E-state index is 13.9. The van der Waals surface area contributed by atoms with Gasteiger partial charge in [0.1, 0.15) is 0 Å². The highest BCUT2D eigenvalue weighted by molar-refractivity contribution is 6.02. The van der Waals surface area contributed by atoms with Crippen molar-refractivity contribution in [3.63, 3.8) is 0 Å². The number of aliphatic hydroxyl groups is 1. The molecule has 5 unspecified atom stereocenters. The molecule has 0 aromatic carbocycles. The smallest absolute Gasteiger partial charge is 0.315 e. The summed E-state index contributed by atoms with van der Waals surface area (Å²) in [5.41, 5.74) is -0.0717. The minimum Gasteiger partial charge on any atom is -0.481 e. The third-order valence-corrected chi connectivity index (χ3v) is 16.4. The van der Waals surface area contributed by atoms with Crippen LogP contribution in [-0.4, -0.2) is 57.9 Å². The number of rotatable bonds is 8. The highest BCUT2D eigenvalue weighted by atomic mass is 19.3. The van der Waals surface area contributed by atoms with Gasteiger partial charge in [0, 0.05) is 31.7 Å². The Morgan fingerprint density at radius 2 is 1.54 bits per heavy atom. The van der Waals surface area contributed by atoms with Crippen LogP contribution < -0.4 is 10.6 Å². The highest BCUT2D eigenvalue weighted by Gasteiger charge is 2.70. The molecule has 0 heterocycles. The molecule has 6 rings (SSSR count). The number of allylic oxidation sites excluding steroid dienone is 1. The minimum absolute atomic E-state index is 0.00155. The molecule has 0 aromatic heterocycles. The van der Waals surface area contributed by atoms with E-state index in [0.29, 0.717) is 18.3 Å². The van der Waals surface area contributed by atoms with Crippen molar-refractivity contribution in [2.24, 2.45) is 50.7 Å². The van der Waals surface area contributed by atoms with E-state index in [1.807, 2.05) is 0 Å². The maximum Gasteiger partial charge on any atom is 0.315 e. The second-order valence-corrected chi connectivity index (χ2v) is 20.3. The van der Waals surface area contributed by atoms with Gasteiger partial charge in [-0.3, -0.25) is 9.59 Å². The lowest BCUT2D eigenvalue weighted by atomic mass is 9.33. The molecule has 0 aliphatic heterocycles. The van der Waals surface area contributed by atoms with Crippen LogP contribution in [0.15, 0.2) is 11.1 Å². The quantitative estimate of drug-likeness (QED) is 0.185. The van der Waals surface area contributed by atoms with Crippen LogP contribution in [0.4, 0.5) is 13.6 Å². The summed E-state index contributed by atoms with van der Waals surface area (Å²) in [5.74, 6) is -2.49. The Morgan fingerprint density at radius 1 is 0.885 bits per heavy atom. The summed E-state index contributed by atoms with van der Waals surface area (Å²) < 4.78 is 34.0. The predicted molar refractivity (Wildman–Crippen MR) is 196 cm³/mol. The number of hydrogen-bond donors (Lipinski definition) is 4. The number of alkyl halides is 2. The zero-order valence-electron chi connectivity index (χ0n) is 33.2. The number of aliphatic carboxylic acids is 1. The summed E-state index contributed by atoms with van der Waals surface area (Å²) >= 11 is 0. The summed E-state index contributed by atoms with van der Waals surface area (Å²) in [6.07, 6.45) is 6.43. The van der Waals surface area contributed by atoms with Crippen molar-refractivity contribution in [2.45, 2.75) is 182 Å². The number of carboxylic acid groups (broad SMARTS) is 1. The molecular weight excluding hydrogens is 666 g/mol. The molecule has 5 saturated carbocycles. The summed E-state index contributed by atoms with van der Waals surface area (Å²) in [6, 6.07) is -0.645. The Bertz CT molecular complexity index is 1480. The number of carbonyl (C=O) groups excluding carboxylic acids is 2. The highest BCUT2D eigenvalue weighted by Crippen LogP contribution is 2.76. The van der Waals surface area contributed by atoms with Gasteiger partial charge in [0.2, 0.25) is 5.92 Å². The number of nitrogens with one attached hydrogen (secondary N) is 2. The average molecular weight is 733 g/mol. The van der Waals surface area contributed by atoms with E-state index in [0.717, 1.165) is 56.1 Å². The molecule has 6 aliphatic carbocycles. The standard InChI is InChI=1S/C42H66F2N2O6/c1-24(2)32-27(47)22-41(46-35(51)45-25-12-18-42(43,44)19-13-25)21-20-39(8)26(33(32)41)10-11-29-38(7)16-15-30(52-31(48)23-36(3,4)34(49)50)37(5,6)28(38)14-17-40(29,39)9/h24-26,28-31,48H,10-23H2,1-9H3,(H,49,50)(H2,45,46,51)/t26?,28?,29?,30-,31?,38-,39+,40+,41?/m0/s1. The Morgan fingerprint density at radius 3 is 2.15 bits per heavy atom. The third kappa shape index (κ3) is 6.25. The molecule has 52 heavy (non-hydrogen) atoms. The number of carbonyl (C=O) groups is 3. The van der Waals surface area contributed by atoms with Crippen molar-refractivity contribution < 1.29 is 38.1 Å². The second-order valence-electron chi connectivity index (χ2n) is 20.3. The van der Waals surface area contributed by atoms with Crippen LogP contribution in [0, 0.1) is 50.7 Å². The number of hydrogen-bond acceptors (Lipinski definition) is 5. The fraction of sp³-hybridized carbons (Fsp3) is 0.881. The van der Waals surface area contributed by atoms with Crippen molar-refractivity contribution >= 4 is 17.8 Å². The Kier molecular flexibility index (Phi) is 9.92. The first-order valence-corrected chi connectivity index (χ1v) is 20.2. The molecule has 8 nitrogen and oxygen atoms in total. The van der Waals surface area contributed by atoms with Crippen molar-refractivity contribution in [1.82, 2.24) is 10.6 Å². The molecule has 2 amide bonds. The van der Waals surface area contributed by atoms with Crippen LogP contribution in [0.25, 0.3) is 0 Å². The van der Waals surface area contributed by atoms with Gasteiger partial charge in [-0.15, -0.1) is 0 Å². The normalized spacial score (nSPS) is 40.7. The molecule has 4 N–H and O–H groups in total. The fourth-order valence-corrected chi connectivity index (χ4v) is 13.4. The van der Waals surface area contributed by atoms with Crippen molar-refractivity contribution in [3.05, 3.63) is 11.1 Å². The number of Topliss-reactive ketones (excluding diaryl/α,β-unsaturated/α-hetero) is 1. The number of ketones is 1.